The van der Waals surface area contributed by atoms with Gasteiger partial charge in [-0.2, -0.15) is 4.31 Å². The van der Waals surface area contributed by atoms with E-state index in [1.165, 1.54) is 22.0 Å². The van der Waals surface area contributed by atoms with Crippen LogP contribution in [0.1, 0.15) is 31.2 Å². The highest BCUT2D eigenvalue weighted by molar-refractivity contribution is 7.89. The van der Waals surface area contributed by atoms with Crippen LogP contribution >= 0.6 is 0 Å². The lowest BCUT2D eigenvalue weighted by Gasteiger charge is -2.43. The molecule has 0 aromatic heterocycles. The normalized spacial score (nSPS) is 28.8. The number of carbonyl (C=O) groups excluding carboxylic acids is 1. The van der Waals surface area contributed by atoms with Crippen molar-refractivity contribution in [3.63, 3.8) is 0 Å². The van der Waals surface area contributed by atoms with E-state index in [-0.39, 0.29) is 49.1 Å². The summed E-state index contributed by atoms with van der Waals surface area (Å²) in [5.74, 6) is -0.612. The number of rotatable bonds is 7. The minimum atomic E-state index is -4.02. The summed E-state index contributed by atoms with van der Waals surface area (Å²) in [6.45, 7) is 2.49. The van der Waals surface area contributed by atoms with E-state index in [4.69, 9.17) is 9.47 Å². The lowest BCUT2D eigenvalue weighted by atomic mass is 9.96. The Kier molecular flexibility index (Phi) is 8.95. The molecule has 3 fully saturated rings. The molecule has 11 heteroatoms. The van der Waals surface area contributed by atoms with Crippen LogP contribution < -0.4 is 5.32 Å². The Bertz CT molecular complexity index is 1220. The topological polar surface area (TPSA) is 108 Å². The number of β-amino-alcohol motifs (C(OH)–C–C–N with tert-alkyl or cyclic N) is 1. The van der Waals surface area contributed by atoms with Gasteiger partial charge < -0.3 is 19.9 Å². The van der Waals surface area contributed by atoms with Gasteiger partial charge >= 0.3 is 0 Å². The van der Waals surface area contributed by atoms with Crippen molar-refractivity contribution in [2.45, 2.75) is 67.5 Å². The van der Waals surface area contributed by atoms with Gasteiger partial charge in [-0.3, -0.25) is 9.69 Å². The Balaban J connectivity index is 1.18. The molecule has 0 aliphatic carbocycles. The number of carbonyl (C=O) groups is 1. The molecule has 2 N–H and O–H groups in total. The Labute approximate surface area is 228 Å². The van der Waals surface area contributed by atoms with E-state index in [0.717, 1.165) is 38.2 Å². The number of fused-ring (bicyclic) bond motifs is 1. The second-order valence-electron chi connectivity index (χ2n) is 10.6. The second-order valence-corrected chi connectivity index (χ2v) is 12.5. The van der Waals surface area contributed by atoms with Crippen molar-refractivity contribution in [2.24, 2.45) is 0 Å². The van der Waals surface area contributed by atoms with Crippen LogP contribution in [0.4, 0.5) is 4.39 Å². The number of aliphatic hydroxyl groups excluding tert-OH is 1. The summed E-state index contributed by atoms with van der Waals surface area (Å²) >= 11 is 0. The zero-order valence-corrected chi connectivity index (χ0v) is 22.6. The van der Waals surface area contributed by atoms with Crippen molar-refractivity contribution in [1.29, 1.82) is 0 Å². The first kappa shape index (κ1) is 28.1. The van der Waals surface area contributed by atoms with E-state index in [1.807, 2.05) is 18.2 Å². The third-order valence-corrected chi connectivity index (χ3v) is 9.56. The minimum absolute atomic E-state index is 0.0334. The van der Waals surface area contributed by atoms with Crippen molar-refractivity contribution in [1.82, 2.24) is 14.5 Å². The molecule has 0 radical (unpaired) electrons. The highest BCUT2D eigenvalue weighted by Gasteiger charge is 2.43. The first-order chi connectivity index (χ1) is 18.8. The van der Waals surface area contributed by atoms with Gasteiger partial charge in [-0.1, -0.05) is 30.3 Å². The van der Waals surface area contributed by atoms with Crippen LogP contribution in [0, 0.1) is 5.82 Å². The molecular weight excluding hydrogens is 525 g/mol. The third-order valence-electron chi connectivity index (χ3n) is 7.65. The molecule has 0 saturated carbocycles. The fraction of sp³-hybridized carbons (Fsp3) is 0.536. The summed E-state index contributed by atoms with van der Waals surface area (Å²) in [6, 6.07) is 14.4. The molecule has 3 aliphatic rings. The molecule has 0 spiro atoms. The van der Waals surface area contributed by atoms with Crippen molar-refractivity contribution < 1.29 is 32.2 Å². The zero-order valence-electron chi connectivity index (χ0n) is 21.8. The average Bonchev–Trinajstić information content (AvgIpc) is 3.33. The van der Waals surface area contributed by atoms with Gasteiger partial charge in [0.2, 0.25) is 15.9 Å². The Morgan fingerprint density at radius 1 is 1.03 bits per heavy atom. The van der Waals surface area contributed by atoms with Gasteiger partial charge in [-0.05, 0) is 49.1 Å². The molecule has 0 bridgehead atoms. The zero-order chi connectivity index (χ0) is 27.4. The van der Waals surface area contributed by atoms with Crippen LogP contribution in [0.2, 0.25) is 0 Å². The Morgan fingerprint density at radius 3 is 2.56 bits per heavy atom. The molecule has 9 nitrogen and oxygen atoms in total. The fourth-order valence-electron chi connectivity index (χ4n) is 5.74. The predicted molar refractivity (Wildman–Crippen MR) is 142 cm³/mol. The number of hydrogen-bond acceptors (Lipinski definition) is 7. The number of nitrogens with one attached hydrogen (secondary N) is 1. The molecule has 0 unspecified atom stereocenters. The van der Waals surface area contributed by atoms with Gasteiger partial charge in [-0.25, -0.2) is 12.8 Å². The summed E-state index contributed by atoms with van der Waals surface area (Å²) in [7, 11) is -4.02. The lowest BCUT2D eigenvalue weighted by Crippen LogP contribution is -2.57. The number of hydrogen-bond donors (Lipinski definition) is 2. The number of benzene rings is 2. The molecule has 5 atom stereocenters. The summed E-state index contributed by atoms with van der Waals surface area (Å²) in [5, 5.41) is 13.5. The summed E-state index contributed by atoms with van der Waals surface area (Å²) in [6.07, 6.45) is 0.0617. The van der Waals surface area contributed by atoms with E-state index in [0.29, 0.717) is 12.8 Å². The van der Waals surface area contributed by atoms with Crippen LogP contribution in [-0.2, 0) is 30.8 Å². The number of aliphatic hydroxyl groups is 1. The monoisotopic (exact) mass is 561 g/mol. The standard InChI is InChI=1S/C28H36FN3O6S/c29-21-6-9-25(10-7-21)39(35,36)32-17-23(33)18-37-19-27-26(32)11-8-24(38-27)14-28(34)30-22-12-13-31(16-22)15-20-4-2-1-3-5-20/h1-7,9-10,22-24,26-27,33H,8,11-19H2,(H,30,34)/t22-,23-,24-,26+,27-/m0/s1. The van der Waals surface area contributed by atoms with Gasteiger partial charge in [0.05, 0.1) is 48.9 Å². The number of halogens is 1. The number of sulfonamides is 1. The molecule has 2 aromatic rings. The van der Waals surface area contributed by atoms with E-state index in [9.17, 15) is 22.7 Å². The maximum Gasteiger partial charge on any atom is 0.243 e. The third kappa shape index (κ3) is 7.03. The maximum absolute atomic E-state index is 13.5. The van der Waals surface area contributed by atoms with Crippen LogP contribution in [0.5, 0.6) is 0 Å². The number of nitrogens with zero attached hydrogens (tertiary/aromatic N) is 2. The van der Waals surface area contributed by atoms with Gasteiger partial charge in [-0.15, -0.1) is 0 Å². The van der Waals surface area contributed by atoms with Crippen molar-refractivity contribution in [3.05, 3.63) is 66.0 Å². The van der Waals surface area contributed by atoms with E-state index in [1.54, 1.807) is 0 Å². The molecule has 39 heavy (non-hydrogen) atoms. The van der Waals surface area contributed by atoms with E-state index < -0.39 is 34.1 Å². The van der Waals surface area contributed by atoms with Gasteiger partial charge in [0, 0.05) is 32.2 Å². The molecule has 3 heterocycles. The van der Waals surface area contributed by atoms with Crippen molar-refractivity contribution in [3.8, 4) is 0 Å². The van der Waals surface area contributed by atoms with Crippen LogP contribution in [0.15, 0.2) is 59.5 Å². The van der Waals surface area contributed by atoms with Gasteiger partial charge in [0.25, 0.3) is 0 Å². The molecule has 2 aromatic carbocycles. The van der Waals surface area contributed by atoms with Crippen LogP contribution in [0.25, 0.3) is 0 Å². The molecular formula is C28H36FN3O6S. The number of likely N-dealkylation sites (tertiary alicyclic amines) is 1. The molecule has 3 saturated heterocycles. The highest BCUT2D eigenvalue weighted by atomic mass is 32.2. The molecule has 5 rings (SSSR count). The smallest absolute Gasteiger partial charge is 0.243 e. The quantitative estimate of drug-likeness (QED) is 0.532. The molecule has 1 amide bonds. The number of amides is 1. The van der Waals surface area contributed by atoms with Crippen LogP contribution in [-0.4, -0.2) is 91.9 Å². The summed E-state index contributed by atoms with van der Waals surface area (Å²) in [5.41, 5.74) is 1.25. The minimum Gasteiger partial charge on any atom is -0.389 e. The van der Waals surface area contributed by atoms with Gasteiger partial charge in [0.15, 0.2) is 0 Å². The average molecular weight is 562 g/mol. The van der Waals surface area contributed by atoms with E-state index >= 15 is 0 Å². The first-order valence-electron chi connectivity index (χ1n) is 13.5. The highest BCUT2D eigenvalue weighted by Crippen LogP contribution is 2.31. The maximum atomic E-state index is 13.5. The molecule has 3 aliphatic heterocycles. The van der Waals surface area contributed by atoms with Crippen molar-refractivity contribution >= 4 is 15.9 Å². The van der Waals surface area contributed by atoms with Crippen LogP contribution in [0.3, 0.4) is 0 Å². The SMILES string of the molecule is O=C(C[C@@H]1CC[C@@H]2[C@H](COC[C@@H](O)CN2S(=O)(=O)c2ccc(F)cc2)O1)N[C@H]1CCN(Cc2ccccc2)C1. The largest absolute Gasteiger partial charge is 0.389 e. The molecule has 212 valence electrons. The lowest BCUT2D eigenvalue weighted by molar-refractivity contribution is -0.146. The first-order valence-corrected chi connectivity index (χ1v) is 15.0. The van der Waals surface area contributed by atoms with Gasteiger partial charge in [0.1, 0.15) is 5.82 Å². The van der Waals surface area contributed by atoms with E-state index in [2.05, 4.69) is 22.3 Å². The van der Waals surface area contributed by atoms with Crippen molar-refractivity contribution in [2.75, 3.05) is 32.8 Å². The fourth-order valence-corrected chi connectivity index (χ4v) is 7.46. The Morgan fingerprint density at radius 2 is 1.79 bits per heavy atom. The summed E-state index contributed by atoms with van der Waals surface area (Å²) in [4.78, 5) is 15.2. The number of ether oxygens (including phenoxy) is 2. The summed E-state index contributed by atoms with van der Waals surface area (Å²) < 4.78 is 53.5. The Hall–Kier alpha value is -2.41. The second kappa shape index (κ2) is 12.4. The predicted octanol–water partition coefficient (Wildman–Crippen LogP) is 1.90.